The van der Waals surface area contributed by atoms with Crippen molar-refractivity contribution < 1.29 is 49.4 Å². The zero-order valence-electron chi connectivity index (χ0n) is 23.1. The summed E-state index contributed by atoms with van der Waals surface area (Å²) in [6.45, 7) is -2.26. The summed E-state index contributed by atoms with van der Waals surface area (Å²) >= 11 is 0. The minimum absolute atomic E-state index is 0.000494. The molecule has 3 aromatic rings. The van der Waals surface area contributed by atoms with Crippen LogP contribution < -0.4 is 5.32 Å². The monoisotopic (exact) mass is 632 g/mol. The van der Waals surface area contributed by atoms with Crippen LogP contribution in [0.3, 0.4) is 0 Å². The standard InChI is InChI=1S/C29H28F8N4O3/c30-21-18(19(12-29(35,36)37)25(42)41-14-28(33,34)15-41)6-7-20-23(21)39-24(38-20)22(17-8-10-27(31,32)11-9-17)40-26(43)44-13-16-4-2-1-3-5-16/h1-7,17,19,22H,8-15H2,(H,38,39)(H,40,43)/t19?,22-/m0/s1. The van der Waals surface area contributed by atoms with Crippen LogP contribution in [0.1, 0.15) is 61.0 Å². The molecule has 44 heavy (non-hydrogen) atoms. The maximum atomic E-state index is 15.8. The molecule has 2 atom stereocenters. The van der Waals surface area contributed by atoms with E-state index in [0.717, 1.165) is 6.07 Å². The van der Waals surface area contributed by atoms with Gasteiger partial charge in [-0.2, -0.15) is 13.2 Å². The number of rotatable bonds is 8. The van der Waals surface area contributed by atoms with Crippen LogP contribution in [0.15, 0.2) is 42.5 Å². The fourth-order valence-electron chi connectivity index (χ4n) is 5.64. The number of nitrogens with one attached hydrogen (secondary N) is 2. The van der Waals surface area contributed by atoms with Gasteiger partial charge in [0, 0.05) is 18.4 Å². The molecule has 0 spiro atoms. The SMILES string of the molecule is O=C(N[C@H](c1nc2c(F)c(C(CC(F)(F)F)C(=O)N3CC(F)(F)C3)ccc2[nH]1)C1CCC(F)(F)CC1)OCc1ccccc1. The molecular weight excluding hydrogens is 604 g/mol. The molecular formula is C29H28F8N4O3. The average Bonchev–Trinajstić information content (AvgIpc) is 3.38. The van der Waals surface area contributed by atoms with E-state index in [2.05, 4.69) is 15.3 Å². The minimum atomic E-state index is -4.93. The number of nitrogens with zero attached hydrogens (tertiary/aromatic N) is 2. The Bertz CT molecular complexity index is 1490. The number of alkyl halides is 7. The molecule has 0 bridgehead atoms. The van der Waals surface area contributed by atoms with Crippen molar-refractivity contribution in [3.63, 3.8) is 0 Å². The Kier molecular flexibility index (Phi) is 8.51. The molecule has 5 rings (SSSR count). The van der Waals surface area contributed by atoms with E-state index in [1.807, 2.05) is 0 Å². The van der Waals surface area contributed by atoms with Crippen LogP contribution >= 0.6 is 0 Å². The minimum Gasteiger partial charge on any atom is -0.445 e. The smallest absolute Gasteiger partial charge is 0.408 e. The molecule has 1 aliphatic heterocycles. The first-order chi connectivity index (χ1) is 20.6. The van der Waals surface area contributed by atoms with Gasteiger partial charge in [-0.1, -0.05) is 36.4 Å². The number of carbonyl (C=O) groups excluding carboxylic acids is 2. The summed E-state index contributed by atoms with van der Waals surface area (Å²) in [5.41, 5.74) is -0.463. The van der Waals surface area contributed by atoms with E-state index in [0.29, 0.717) is 10.5 Å². The number of imidazole rings is 1. The average molecular weight is 633 g/mol. The molecule has 2 N–H and O–H groups in total. The number of fused-ring (bicyclic) bond motifs is 1. The number of halogens is 8. The van der Waals surface area contributed by atoms with Crippen molar-refractivity contribution in [2.24, 2.45) is 5.92 Å². The number of hydrogen-bond acceptors (Lipinski definition) is 4. The lowest BCUT2D eigenvalue weighted by molar-refractivity contribution is -0.175. The molecule has 1 aliphatic carbocycles. The zero-order valence-corrected chi connectivity index (χ0v) is 23.1. The molecule has 1 aromatic heterocycles. The lowest BCUT2D eigenvalue weighted by atomic mass is 9.82. The highest BCUT2D eigenvalue weighted by Gasteiger charge is 2.50. The van der Waals surface area contributed by atoms with Gasteiger partial charge >= 0.3 is 12.3 Å². The van der Waals surface area contributed by atoms with Gasteiger partial charge in [0.2, 0.25) is 11.8 Å². The summed E-state index contributed by atoms with van der Waals surface area (Å²) in [5, 5.41) is 2.60. The first-order valence-corrected chi connectivity index (χ1v) is 13.9. The second-order valence-corrected chi connectivity index (χ2v) is 11.3. The Morgan fingerprint density at radius 2 is 1.68 bits per heavy atom. The largest absolute Gasteiger partial charge is 0.445 e. The molecule has 7 nitrogen and oxygen atoms in total. The number of hydrogen-bond donors (Lipinski definition) is 2. The molecule has 0 radical (unpaired) electrons. The molecule has 2 fully saturated rings. The number of aromatic amines is 1. The van der Waals surface area contributed by atoms with Crippen LogP contribution in [0.25, 0.3) is 11.0 Å². The number of ether oxygens (including phenoxy) is 1. The van der Waals surface area contributed by atoms with Gasteiger partial charge in [-0.05, 0) is 30.4 Å². The highest BCUT2D eigenvalue weighted by atomic mass is 19.4. The Balaban J connectivity index is 1.44. The Morgan fingerprint density at radius 1 is 1.02 bits per heavy atom. The lowest BCUT2D eigenvalue weighted by Crippen LogP contribution is -2.59. The van der Waals surface area contributed by atoms with Crippen LogP contribution in [0, 0.1) is 11.7 Å². The van der Waals surface area contributed by atoms with Gasteiger partial charge in [0.1, 0.15) is 17.9 Å². The van der Waals surface area contributed by atoms with E-state index < -0.39 is 97.1 Å². The zero-order chi connectivity index (χ0) is 31.9. The van der Waals surface area contributed by atoms with E-state index in [-0.39, 0.29) is 30.8 Å². The normalized spacial score (nSPS) is 19.7. The van der Waals surface area contributed by atoms with Gasteiger partial charge in [-0.15, -0.1) is 0 Å². The third kappa shape index (κ3) is 7.24. The molecule has 2 aliphatic rings. The Labute approximate surface area is 245 Å². The number of carbonyl (C=O) groups is 2. The molecule has 15 heteroatoms. The summed E-state index contributed by atoms with van der Waals surface area (Å²) in [6, 6.07) is 9.77. The summed E-state index contributed by atoms with van der Waals surface area (Å²) in [4.78, 5) is 33.1. The maximum absolute atomic E-state index is 15.8. The molecule has 1 saturated heterocycles. The van der Waals surface area contributed by atoms with Gasteiger partial charge in [-0.25, -0.2) is 31.7 Å². The van der Waals surface area contributed by atoms with Crippen LogP contribution in [0.4, 0.5) is 39.9 Å². The van der Waals surface area contributed by atoms with Gasteiger partial charge in [0.25, 0.3) is 5.92 Å². The van der Waals surface area contributed by atoms with E-state index in [9.17, 15) is 40.3 Å². The van der Waals surface area contributed by atoms with Crippen molar-refractivity contribution >= 4 is 23.0 Å². The fraction of sp³-hybridized carbons (Fsp3) is 0.483. The second kappa shape index (κ2) is 11.9. The molecule has 1 unspecified atom stereocenters. The van der Waals surface area contributed by atoms with Crippen LogP contribution in [0.2, 0.25) is 0 Å². The highest BCUT2D eigenvalue weighted by Crippen LogP contribution is 2.42. The van der Waals surface area contributed by atoms with Crippen molar-refractivity contribution in [3.05, 3.63) is 65.2 Å². The Hall–Kier alpha value is -3.91. The first-order valence-electron chi connectivity index (χ1n) is 13.9. The topological polar surface area (TPSA) is 87.3 Å². The summed E-state index contributed by atoms with van der Waals surface area (Å²) in [6.07, 6.45) is -8.60. The number of H-pyrrole nitrogens is 1. The number of benzene rings is 2. The number of likely N-dealkylation sites (tertiary alicyclic amines) is 1. The molecule has 2 aromatic carbocycles. The second-order valence-electron chi connectivity index (χ2n) is 11.3. The predicted molar refractivity (Wildman–Crippen MR) is 140 cm³/mol. The lowest BCUT2D eigenvalue weighted by Gasteiger charge is -2.40. The molecule has 2 amide bonds. The van der Waals surface area contributed by atoms with Crippen molar-refractivity contribution in [2.45, 2.75) is 68.7 Å². The Morgan fingerprint density at radius 3 is 2.30 bits per heavy atom. The van der Waals surface area contributed by atoms with Gasteiger partial charge in [-0.3, -0.25) is 4.79 Å². The highest BCUT2D eigenvalue weighted by molar-refractivity contribution is 5.87. The van der Waals surface area contributed by atoms with Crippen LogP contribution in [0.5, 0.6) is 0 Å². The van der Waals surface area contributed by atoms with Crippen molar-refractivity contribution in [1.29, 1.82) is 0 Å². The fourth-order valence-corrected chi connectivity index (χ4v) is 5.64. The summed E-state index contributed by atoms with van der Waals surface area (Å²) in [5.74, 6) is -11.5. The summed E-state index contributed by atoms with van der Waals surface area (Å²) in [7, 11) is 0. The van der Waals surface area contributed by atoms with Gasteiger partial charge in [0.05, 0.1) is 37.0 Å². The number of amides is 2. The van der Waals surface area contributed by atoms with E-state index in [1.165, 1.54) is 6.07 Å². The van der Waals surface area contributed by atoms with E-state index in [1.54, 1.807) is 30.3 Å². The third-order valence-corrected chi connectivity index (χ3v) is 7.92. The quantitative estimate of drug-likeness (QED) is 0.262. The van der Waals surface area contributed by atoms with Crippen molar-refractivity contribution in [2.75, 3.05) is 13.1 Å². The third-order valence-electron chi connectivity index (χ3n) is 7.92. The van der Waals surface area contributed by atoms with Crippen molar-refractivity contribution in [1.82, 2.24) is 20.2 Å². The van der Waals surface area contributed by atoms with Gasteiger partial charge < -0.3 is 19.9 Å². The van der Waals surface area contributed by atoms with Gasteiger partial charge in [0.15, 0.2) is 5.82 Å². The van der Waals surface area contributed by atoms with E-state index in [4.69, 9.17) is 4.74 Å². The maximum Gasteiger partial charge on any atom is 0.408 e. The molecule has 2 heterocycles. The summed E-state index contributed by atoms with van der Waals surface area (Å²) < 4.78 is 116. The van der Waals surface area contributed by atoms with E-state index >= 15 is 4.39 Å². The van der Waals surface area contributed by atoms with Crippen molar-refractivity contribution in [3.8, 4) is 0 Å². The van der Waals surface area contributed by atoms with Crippen LogP contribution in [-0.4, -0.2) is 58.0 Å². The predicted octanol–water partition coefficient (Wildman–Crippen LogP) is 7.01. The van der Waals surface area contributed by atoms with Crippen LogP contribution in [-0.2, 0) is 16.1 Å². The molecule has 238 valence electrons. The molecule has 1 saturated carbocycles. The number of aromatic nitrogens is 2. The number of alkyl carbamates (subject to hydrolysis) is 1. The first kappa shape index (κ1) is 31.5.